The number of urea groups is 1. The van der Waals surface area contributed by atoms with Gasteiger partial charge in [0.1, 0.15) is 0 Å². The second kappa shape index (κ2) is 4.71. The van der Waals surface area contributed by atoms with E-state index >= 15 is 0 Å². The van der Waals surface area contributed by atoms with Gasteiger partial charge >= 0.3 is 6.03 Å². The molecule has 2 aliphatic heterocycles. The van der Waals surface area contributed by atoms with Crippen molar-refractivity contribution >= 4 is 27.9 Å². The second-order valence-electron chi connectivity index (χ2n) is 4.38. The van der Waals surface area contributed by atoms with Crippen molar-refractivity contribution in [1.82, 2.24) is 10.2 Å². The molecule has 0 radical (unpaired) electrons. The molecule has 5 nitrogen and oxygen atoms in total. The number of carbonyl (C=O) groups excluding carboxylic acids is 2. The molecule has 6 heteroatoms. The molecule has 2 saturated heterocycles. The van der Waals surface area contributed by atoms with Crippen molar-refractivity contribution in [2.45, 2.75) is 12.8 Å². The molecule has 0 spiro atoms. The highest BCUT2D eigenvalue weighted by molar-refractivity contribution is 9.09. The largest absolute Gasteiger partial charge is 0.381 e. The predicted octanol–water partition coefficient (Wildman–Crippen LogP) is 0.730. The summed E-state index contributed by atoms with van der Waals surface area (Å²) in [6.45, 7) is 2.03. The summed E-state index contributed by atoms with van der Waals surface area (Å²) < 4.78 is 5.32. The van der Waals surface area contributed by atoms with E-state index in [2.05, 4.69) is 21.2 Å². The lowest BCUT2D eigenvalue weighted by molar-refractivity contribution is -0.126. The number of rotatable bonds is 3. The fourth-order valence-corrected chi connectivity index (χ4v) is 2.83. The normalized spacial score (nSPS) is 24.7. The molecule has 0 unspecified atom stereocenters. The number of nitrogens with zero attached hydrogens (tertiary/aromatic N) is 1. The fraction of sp³-hybridized carbons (Fsp3) is 0.800. The smallest absolute Gasteiger partial charge is 0.324 e. The van der Waals surface area contributed by atoms with Crippen molar-refractivity contribution < 1.29 is 14.3 Å². The summed E-state index contributed by atoms with van der Waals surface area (Å²) in [4.78, 5) is 24.3. The quantitative estimate of drug-likeness (QED) is 0.616. The lowest BCUT2D eigenvalue weighted by atomic mass is 9.82. The zero-order chi connectivity index (χ0) is 11.6. The maximum Gasteiger partial charge on any atom is 0.324 e. The molecule has 1 N–H and O–H groups in total. The first-order valence-corrected chi connectivity index (χ1v) is 6.51. The van der Waals surface area contributed by atoms with Crippen molar-refractivity contribution in [1.29, 1.82) is 0 Å². The molecule has 0 atom stereocenters. The summed E-state index contributed by atoms with van der Waals surface area (Å²) in [5, 5.41) is 3.33. The van der Waals surface area contributed by atoms with Crippen LogP contribution in [0.25, 0.3) is 0 Å². The van der Waals surface area contributed by atoms with E-state index in [4.69, 9.17) is 4.74 Å². The topological polar surface area (TPSA) is 58.6 Å². The van der Waals surface area contributed by atoms with E-state index in [1.807, 2.05) is 0 Å². The van der Waals surface area contributed by atoms with Crippen LogP contribution in [-0.4, -0.2) is 48.5 Å². The molecule has 0 aromatic rings. The molecule has 0 saturated carbocycles. The number of hydrogen-bond donors (Lipinski definition) is 1. The molecular formula is C10H15BrN2O3. The average Bonchev–Trinajstić information content (AvgIpc) is 2.62. The van der Waals surface area contributed by atoms with Crippen molar-refractivity contribution in [2.24, 2.45) is 5.41 Å². The Morgan fingerprint density at radius 2 is 2.06 bits per heavy atom. The molecule has 2 rings (SSSR count). The van der Waals surface area contributed by atoms with Crippen LogP contribution in [0, 0.1) is 5.41 Å². The zero-order valence-corrected chi connectivity index (χ0v) is 10.6. The molecule has 3 amide bonds. The van der Waals surface area contributed by atoms with E-state index in [9.17, 15) is 9.59 Å². The average molecular weight is 291 g/mol. The van der Waals surface area contributed by atoms with Crippen molar-refractivity contribution in [3.05, 3.63) is 0 Å². The summed E-state index contributed by atoms with van der Waals surface area (Å²) in [6.07, 6.45) is 1.77. The lowest BCUT2D eigenvalue weighted by Gasteiger charge is -2.37. The van der Waals surface area contributed by atoms with Crippen LogP contribution in [0.5, 0.6) is 0 Å². The van der Waals surface area contributed by atoms with Crippen LogP contribution in [-0.2, 0) is 9.53 Å². The first kappa shape index (κ1) is 11.9. The van der Waals surface area contributed by atoms with Gasteiger partial charge in [-0.1, -0.05) is 15.9 Å². The van der Waals surface area contributed by atoms with E-state index in [1.54, 1.807) is 0 Å². The molecule has 0 aromatic heterocycles. The van der Waals surface area contributed by atoms with Gasteiger partial charge in [-0.25, -0.2) is 4.79 Å². The van der Waals surface area contributed by atoms with E-state index < -0.39 is 0 Å². The molecular weight excluding hydrogens is 276 g/mol. The fourth-order valence-electron chi connectivity index (χ4n) is 2.09. The van der Waals surface area contributed by atoms with Gasteiger partial charge in [-0.05, 0) is 12.8 Å². The van der Waals surface area contributed by atoms with Gasteiger partial charge in [-0.2, -0.15) is 0 Å². The third-order valence-electron chi connectivity index (χ3n) is 3.27. The minimum atomic E-state index is -0.267. The summed E-state index contributed by atoms with van der Waals surface area (Å²) >= 11 is 3.49. The van der Waals surface area contributed by atoms with Crippen LogP contribution in [0.4, 0.5) is 4.79 Å². The Kier molecular flexibility index (Phi) is 3.49. The maximum absolute atomic E-state index is 11.5. The summed E-state index contributed by atoms with van der Waals surface area (Å²) in [7, 11) is 0. The minimum absolute atomic E-state index is 0.0183. The molecule has 0 bridgehead atoms. The third-order valence-corrected chi connectivity index (χ3v) is 4.46. The number of imide groups is 1. The van der Waals surface area contributed by atoms with Gasteiger partial charge < -0.3 is 10.1 Å². The standard InChI is InChI=1S/C10H15BrN2O3/c11-6-10(1-3-16-4-2-10)7-13-8(14)5-12-9(13)15/h1-7H2,(H,12,15). The van der Waals surface area contributed by atoms with Gasteiger partial charge in [0.2, 0.25) is 5.91 Å². The molecule has 90 valence electrons. The number of hydrogen-bond acceptors (Lipinski definition) is 3. The molecule has 0 aromatic carbocycles. The van der Waals surface area contributed by atoms with E-state index in [0.29, 0.717) is 19.8 Å². The SMILES string of the molecule is O=C1CNC(=O)N1CC1(CBr)CCOCC1. The van der Waals surface area contributed by atoms with Gasteiger partial charge in [0.15, 0.2) is 0 Å². The molecule has 2 aliphatic rings. The van der Waals surface area contributed by atoms with E-state index in [-0.39, 0.29) is 23.9 Å². The van der Waals surface area contributed by atoms with Crippen LogP contribution in [0.3, 0.4) is 0 Å². The summed E-state index contributed by atoms with van der Waals surface area (Å²) in [5.41, 5.74) is -0.0183. The van der Waals surface area contributed by atoms with Gasteiger partial charge in [0.05, 0.1) is 6.54 Å². The van der Waals surface area contributed by atoms with Gasteiger partial charge in [0, 0.05) is 30.5 Å². The highest BCUT2D eigenvalue weighted by atomic mass is 79.9. The minimum Gasteiger partial charge on any atom is -0.381 e. The Bertz CT molecular complexity index is 286. The highest BCUT2D eigenvalue weighted by Gasteiger charge is 2.39. The number of nitrogens with one attached hydrogen (secondary N) is 1. The van der Waals surface area contributed by atoms with Crippen LogP contribution in [0.1, 0.15) is 12.8 Å². The van der Waals surface area contributed by atoms with Gasteiger partial charge in [0.25, 0.3) is 0 Å². The first-order chi connectivity index (χ1) is 7.67. The lowest BCUT2D eigenvalue weighted by Crippen LogP contribution is -2.45. The molecule has 0 aliphatic carbocycles. The monoisotopic (exact) mass is 290 g/mol. The van der Waals surface area contributed by atoms with Gasteiger partial charge in [-0.3, -0.25) is 9.69 Å². The number of amides is 3. The second-order valence-corrected chi connectivity index (χ2v) is 4.95. The Labute approximate surface area is 103 Å². The first-order valence-electron chi connectivity index (χ1n) is 5.39. The number of halogens is 1. The Morgan fingerprint density at radius 1 is 1.38 bits per heavy atom. The molecule has 2 fully saturated rings. The Balaban J connectivity index is 2.05. The summed E-state index contributed by atoms with van der Waals surface area (Å²) in [6, 6.07) is -0.267. The van der Waals surface area contributed by atoms with Crippen molar-refractivity contribution in [2.75, 3.05) is 31.6 Å². The van der Waals surface area contributed by atoms with E-state index in [0.717, 1.165) is 18.2 Å². The predicted molar refractivity (Wildman–Crippen MR) is 61.4 cm³/mol. The molecule has 16 heavy (non-hydrogen) atoms. The maximum atomic E-state index is 11.5. The van der Waals surface area contributed by atoms with Gasteiger partial charge in [-0.15, -0.1) is 0 Å². The molecule has 2 heterocycles. The Hall–Kier alpha value is -0.620. The van der Waals surface area contributed by atoms with E-state index in [1.165, 1.54) is 4.90 Å². The number of ether oxygens (including phenoxy) is 1. The van der Waals surface area contributed by atoms with Crippen LogP contribution in [0.15, 0.2) is 0 Å². The van der Waals surface area contributed by atoms with Crippen LogP contribution < -0.4 is 5.32 Å². The van der Waals surface area contributed by atoms with Crippen molar-refractivity contribution in [3.63, 3.8) is 0 Å². The number of carbonyl (C=O) groups is 2. The third kappa shape index (κ3) is 2.22. The number of alkyl halides is 1. The van der Waals surface area contributed by atoms with Crippen LogP contribution in [0.2, 0.25) is 0 Å². The zero-order valence-electron chi connectivity index (χ0n) is 9.00. The van der Waals surface area contributed by atoms with Crippen molar-refractivity contribution in [3.8, 4) is 0 Å². The summed E-state index contributed by atoms with van der Waals surface area (Å²) in [5.74, 6) is -0.128. The Morgan fingerprint density at radius 3 is 2.56 bits per heavy atom. The van der Waals surface area contributed by atoms with Crippen LogP contribution >= 0.6 is 15.9 Å². The highest BCUT2D eigenvalue weighted by Crippen LogP contribution is 2.33.